The molecule has 0 bridgehead atoms. The van der Waals surface area contributed by atoms with Crippen molar-refractivity contribution < 1.29 is 4.79 Å². The second-order valence-electron chi connectivity index (χ2n) is 6.97. The van der Waals surface area contributed by atoms with Crippen LogP contribution in [0.4, 0.5) is 5.82 Å². The average Bonchev–Trinajstić information content (AvgIpc) is 2.93. The molecule has 3 heterocycles. The number of aryl methyl sites for hydroxylation is 3. The Balaban J connectivity index is 1.67. The smallest absolute Gasteiger partial charge is 0.227 e. The van der Waals surface area contributed by atoms with Gasteiger partial charge in [-0.05, 0) is 45.7 Å². The first-order chi connectivity index (χ1) is 12.0. The highest BCUT2D eigenvalue weighted by Gasteiger charge is 2.27. The number of nitrogens with one attached hydrogen (secondary N) is 1. The Morgan fingerprint density at radius 1 is 1.36 bits per heavy atom. The van der Waals surface area contributed by atoms with Gasteiger partial charge in [-0.15, -0.1) is 0 Å². The number of anilines is 1. The van der Waals surface area contributed by atoms with Crippen LogP contribution in [0.25, 0.3) is 0 Å². The van der Waals surface area contributed by atoms with Crippen molar-refractivity contribution in [3.8, 4) is 0 Å². The first-order valence-electron chi connectivity index (χ1n) is 8.90. The zero-order valence-electron chi connectivity index (χ0n) is 15.5. The predicted octanol–water partition coefficient (Wildman–Crippen LogP) is 2.40. The standard InChI is InChI=1S/C19H27N5O/c1-13-7-5-9-18(20-13)24-10-6-8-16(12-24)23(4)19(25)11-17-14(2)21-22-15(17)3/h5,7,9,16H,6,8,10-12H2,1-4H3,(H,21,22). The number of hydrogen-bond donors (Lipinski definition) is 1. The van der Waals surface area contributed by atoms with Crippen molar-refractivity contribution in [3.05, 3.63) is 40.8 Å². The number of carbonyl (C=O) groups is 1. The topological polar surface area (TPSA) is 65.1 Å². The molecule has 1 saturated heterocycles. The molecule has 1 aliphatic rings. The molecule has 2 aromatic heterocycles. The zero-order chi connectivity index (χ0) is 18.0. The molecule has 0 aliphatic carbocycles. The van der Waals surface area contributed by atoms with Crippen LogP contribution in [0.15, 0.2) is 18.2 Å². The molecule has 25 heavy (non-hydrogen) atoms. The van der Waals surface area contributed by atoms with Crippen LogP contribution in [0.1, 0.15) is 35.5 Å². The van der Waals surface area contributed by atoms with Gasteiger partial charge in [-0.1, -0.05) is 6.07 Å². The lowest BCUT2D eigenvalue weighted by atomic mass is 10.0. The Labute approximate surface area is 149 Å². The summed E-state index contributed by atoms with van der Waals surface area (Å²) in [6, 6.07) is 6.32. The van der Waals surface area contributed by atoms with Crippen molar-refractivity contribution in [1.29, 1.82) is 0 Å². The summed E-state index contributed by atoms with van der Waals surface area (Å²) in [6.07, 6.45) is 2.51. The minimum absolute atomic E-state index is 0.150. The molecular weight excluding hydrogens is 314 g/mol. The largest absolute Gasteiger partial charge is 0.355 e. The summed E-state index contributed by atoms with van der Waals surface area (Å²) >= 11 is 0. The molecule has 0 spiro atoms. The number of amides is 1. The number of piperidine rings is 1. The summed E-state index contributed by atoms with van der Waals surface area (Å²) in [6.45, 7) is 7.75. The van der Waals surface area contributed by atoms with E-state index < -0.39 is 0 Å². The van der Waals surface area contributed by atoms with Gasteiger partial charge in [-0.25, -0.2) is 4.98 Å². The maximum atomic E-state index is 12.8. The number of pyridine rings is 1. The van der Waals surface area contributed by atoms with Crippen LogP contribution in [-0.2, 0) is 11.2 Å². The number of aromatic nitrogens is 3. The van der Waals surface area contributed by atoms with Gasteiger partial charge in [0, 0.05) is 43.1 Å². The molecule has 1 atom stereocenters. The maximum Gasteiger partial charge on any atom is 0.227 e. The first-order valence-corrected chi connectivity index (χ1v) is 8.90. The van der Waals surface area contributed by atoms with E-state index in [0.29, 0.717) is 6.42 Å². The van der Waals surface area contributed by atoms with Crippen LogP contribution in [0.2, 0.25) is 0 Å². The van der Waals surface area contributed by atoms with Crippen molar-refractivity contribution >= 4 is 11.7 Å². The van der Waals surface area contributed by atoms with E-state index in [0.717, 1.165) is 54.4 Å². The van der Waals surface area contributed by atoms with E-state index in [1.807, 2.05) is 44.9 Å². The molecule has 0 aromatic carbocycles. The third-order valence-electron chi connectivity index (χ3n) is 5.14. The zero-order valence-corrected chi connectivity index (χ0v) is 15.5. The highest BCUT2D eigenvalue weighted by molar-refractivity contribution is 5.79. The van der Waals surface area contributed by atoms with Crippen LogP contribution in [-0.4, -0.2) is 52.2 Å². The quantitative estimate of drug-likeness (QED) is 0.927. The van der Waals surface area contributed by atoms with Crippen LogP contribution in [0.3, 0.4) is 0 Å². The molecular formula is C19H27N5O. The second-order valence-corrected chi connectivity index (χ2v) is 6.97. The number of rotatable bonds is 4. The van der Waals surface area contributed by atoms with Crippen molar-refractivity contribution in [2.24, 2.45) is 0 Å². The van der Waals surface area contributed by atoms with E-state index in [9.17, 15) is 4.79 Å². The average molecular weight is 341 g/mol. The van der Waals surface area contributed by atoms with Gasteiger partial charge < -0.3 is 9.80 Å². The third-order valence-corrected chi connectivity index (χ3v) is 5.14. The number of hydrogen-bond acceptors (Lipinski definition) is 4. The summed E-state index contributed by atoms with van der Waals surface area (Å²) in [5, 5.41) is 7.15. The van der Waals surface area contributed by atoms with Gasteiger partial charge in [0.25, 0.3) is 0 Å². The van der Waals surface area contributed by atoms with Gasteiger partial charge >= 0.3 is 0 Å². The first kappa shape index (κ1) is 17.5. The molecule has 0 saturated carbocycles. The van der Waals surface area contributed by atoms with E-state index in [-0.39, 0.29) is 11.9 Å². The Morgan fingerprint density at radius 2 is 2.16 bits per heavy atom. The number of carbonyl (C=O) groups excluding carboxylic acids is 1. The lowest BCUT2D eigenvalue weighted by Crippen LogP contribution is -2.49. The van der Waals surface area contributed by atoms with E-state index in [2.05, 4.69) is 26.1 Å². The minimum Gasteiger partial charge on any atom is -0.355 e. The SMILES string of the molecule is Cc1cccc(N2CCCC(N(C)C(=O)Cc3c(C)n[nH]c3C)C2)n1. The van der Waals surface area contributed by atoms with Crippen LogP contribution < -0.4 is 4.90 Å². The highest BCUT2D eigenvalue weighted by atomic mass is 16.2. The summed E-state index contributed by atoms with van der Waals surface area (Å²) in [4.78, 5) is 21.6. The Bertz CT molecular complexity index is 735. The maximum absolute atomic E-state index is 12.8. The highest BCUT2D eigenvalue weighted by Crippen LogP contribution is 2.21. The Morgan fingerprint density at radius 3 is 2.84 bits per heavy atom. The van der Waals surface area contributed by atoms with E-state index in [1.54, 1.807) is 0 Å². The molecule has 1 amide bonds. The predicted molar refractivity (Wildman–Crippen MR) is 98.7 cm³/mol. The molecule has 1 unspecified atom stereocenters. The van der Waals surface area contributed by atoms with E-state index >= 15 is 0 Å². The lowest BCUT2D eigenvalue weighted by Gasteiger charge is -2.38. The van der Waals surface area contributed by atoms with Gasteiger partial charge in [-0.2, -0.15) is 5.10 Å². The number of H-pyrrole nitrogens is 1. The molecule has 6 heteroatoms. The fourth-order valence-electron chi connectivity index (χ4n) is 3.50. The molecule has 134 valence electrons. The molecule has 0 radical (unpaired) electrons. The van der Waals surface area contributed by atoms with Crippen molar-refractivity contribution in [3.63, 3.8) is 0 Å². The number of aromatic amines is 1. The fourth-order valence-corrected chi connectivity index (χ4v) is 3.50. The Hall–Kier alpha value is -2.37. The Kier molecular flexibility index (Phi) is 5.06. The summed E-state index contributed by atoms with van der Waals surface area (Å²) in [5.74, 6) is 1.16. The molecule has 2 aromatic rings. The van der Waals surface area contributed by atoms with Gasteiger partial charge in [-0.3, -0.25) is 9.89 Å². The summed E-state index contributed by atoms with van der Waals surface area (Å²) in [7, 11) is 1.92. The number of likely N-dealkylation sites (N-methyl/N-ethyl adjacent to an activating group) is 1. The molecule has 1 N–H and O–H groups in total. The lowest BCUT2D eigenvalue weighted by molar-refractivity contribution is -0.131. The molecule has 3 rings (SSSR count). The van der Waals surface area contributed by atoms with Gasteiger partial charge in [0.05, 0.1) is 12.1 Å². The fraction of sp³-hybridized carbons (Fsp3) is 0.526. The second kappa shape index (κ2) is 7.25. The molecule has 1 aliphatic heterocycles. The summed E-state index contributed by atoms with van der Waals surface area (Å²) in [5.41, 5.74) is 3.93. The molecule has 1 fully saturated rings. The third kappa shape index (κ3) is 3.83. The number of nitrogens with zero attached hydrogens (tertiary/aromatic N) is 4. The van der Waals surface area contributed by atoms with E-state index in [4.69, 9.17) is 0 Å². The monoisotopic (exact) mass is 341 g/mol. The molecule has 6 nitrogen and oxygen atoms in total. The van der Waals surface area contributed by atoms with E-state index in [1.165, 1.54) is 0 Å². The van der Waals surface area contributed by atoms with Crippen molar-refractivity contribution in [2.75, 3.05) is 25.0 Å². The van der Waals surface area contributed by atoms with Crippen LogP contribution in [0.5, 0.6) is 0 Å². The van der Waals surface area contributed by atoms with Crippen LogP contribution in [0, 0.1) is 20.8 Å². The van der Waals surface area contributed by atoms with Crippen molar-refractivity contribution in [2.45, 2.75) is 46.1 Å². The van der Waals surface area contributed by atoms with Gasteiger partial charge in [0.1, 0.15) is 5.82 Å². The van der Waals surface area contributed by atoms with Crippen LogP contribution >= 0.6 is 0 Å². The minimum atomic E-state index is 0.150. The normalized spacial score (nSPS) is 17.6. The van der Waals surface area contributed by atoms with Gasteiger partial charge in [0.15, 0.2) is 0 Å². The van der Waals surface area contributed by atoms with Crippen molar-refractivity contribution in [1.82, 2.24) is 20.1 Å². The van der Waals surface area contributed by atoms with Gasteiger partial charge in [0.2, 0.25) is 5.91 Å². The summed E-state index contributed by atoms with van der Waals surface area (Å²) < 4.78 is 0.